The number of furan rings is 1. The zero-order chi connectivity index (χ0) is 45.2. The van der Waals surface area contributed by atoms with Gasteiger partial charge in [0.25, 0.3) is 0 Å². The number of nitrogens with zero attached hydrogens (tertiary/aromatic N) is 4. The van der Waals surface area contributed by atoms with Gasteiger partial charge < -0.3 is 4.42 Å². The molecule has 0 N–H and O–H groups in total. The number of hydrogen-bond acceptors (Lipinski definition) is 4. The van der Waals surface area contributed by atoms with Crippen molar-refractivity contribution in [2.24, 2.45) is 0 Å². The lowest BCUT2D eigenvalue weighted by Crippen LogP contribution is -2.14. The van der Waals surface area contributed by atoms with E-state index in [2.05, 4.69) is 188 Å². The van der Waals surface area contributed by atoms with E-state index in [1.54, 1.807) is 0 Å². The Morgan fingerprint density at radius 3 is 1.79 bits per heavy atom. The number of benzene rings is 9. The van der Waals surface area contributed by atoms with Crippen LogP contribution >= 0.6 is 0 Å². The van der Waals surface area contributed by atoms with Crippen LogP contribution in [0.25, 0.3) is 117 Å². The second-order valence-electron chi connectivity index (χ2n) is 17.6. The van der Waals surface area contributed by atoms with Crippen molar-refractivity contribution in [3.05, 3.63) is 217 Å². The van der Waals surface area contributed by atoms with E-state index in [0.717, 1.165) is 82.7 Å². The van der Waals surface area contributed by atoms with Crippen LogP contribution in [0.15, 0.2) is 211 Å². The monoisotopic (exact) mass is 862 g/mol. The van der Waals surface area contributed by atoms with Crippen LogP contribution in [0.4, 0.5) is 0 Å². The maximum Gasteiger partial charge on any atom is 0.238 e. The highest BCUT2D eigenvalue weighted by Gasteiger charge is 2.35. The number of hydrogen-bond donors (Lipinski definition) is 0. The highest BCUT2D eigenvalue weighted by atomic mass is 16.3. The van der Waals surface area contributed by atoms with Crippen LogP contribution < -0.4 is 0 Å². The van der Waals surface area contributed by atoms with Gasteiger partial charge in [-0.2, -0.15) is 9.97 Å². The fourth-order valence-corrected chi connectivity index (χ4v) is 10.3. The average Bonchev–Trinajstić information content (AvgIpc) is 4.02. The van der Waals surface area contributed by atoms with Crippen molar-refractivity contribution in [3.8, 4) is 73.2 Å². The minimum atomic E-state index is -0.0504. The normalized spacial score (nSPS) is 12.6. The largest absolute Gasteiger partial charge is 0.456 e. The predicted molar refractivity (Wildman–Crippen MR) is 278 cm³/mol. The van der Waals surface area contributed by atoms with E-state index >= 15 is 0 Å². The Kier molecular flexibility index (Phi) is 9.54. The molecule has 67 heavy (non-hydrogen) atoms. The van der Waals surface area contributed by atoms with E-state index in [4.69, 9.17) is 19.4 Å². The van der Waals surface area contributed by atoms with Crippen LogP contribution in [0, 0.1) is 0 Å². The Hall–Kier alpha value is -8.41. The fraction of sp³-hybridized carbons (Fsp3) is 0.0806. The molecule has 0 aliphatic heterocycles. The summed E-state index contributed by atoms with van der Waals surface area (Å²) in [6.45, 7) is 8.66. The van der Waals surface area contributed by atoms with E-state index in [-0.39, 0.29) is 5.41 Å². The van der Waals surface area contributed by atoms with Gasteiger partial charge in [-0.05, 0) is 92.5 Å². The summed E-state index contributed by atoms with van der Waals surface area (Å²) in [6.07, 6.45) is 0. The molecular weight excluding hydrogens is 817 g/mol. The first-order chi connectivity index (χ1) is 33.0. The minimum absolute atomic E-state index is 0.0504. The Labute approximate surface area is 389 Å². The van der Waals surface area contributed by atoms with Gasteiger partial charge in [0.2, 0.25) is 5.95 Å². The third kappa shape index (κ3) is 6.57. The number of fused-ring (bicyclic) bond motifs is 9. The van der Waals surface area contributed by atoms with Crippen LogP contribution in [0.5, 0.6) is 0 Å². The molecule has 0 spiro atoms. The van der Waals surface area contributed by atoms with Gasteiger partial charge in [0.15, 0.2) is 11.6 Å². The van der Waals surface area contributed by atoms with Crippen molar-refractivity contribution in [2.75, 3.05) is 0 Å². The molecule has 5 nitrogen and oxygen atoms in total. The minimum Gasteiger partial charge on any atom is -0.456 e. The molecule has 9 aromatic carbocycles. The first kappa shape index (κ1) is 40.1. The van der Waals surface area contributed by atoms with Crippen molar-refractivity contribution in [1.82, 2.24) is 19.5 Å². The maximum absolute atomic E-state index is 6.37. The zero-order valence-electron chi connectivity index (χ0n) is 37.8. The van der Waals surface area contributed by atoms with Crippen molar-refractivity contribution in [1.29, 1.82) is 0 Å². The van der Waals surface area contributed by atoms with Crippen molar-refractivity contribution in [3.63, 3.8) is 0 Å². The summed E-state index contributed by atoms with van der Waals surface area (Å²) in [4.78, 5) is 15.9. The number of para-hydroxylation sites is 2. The van der Waals surface area contributed by atoms with Crippen LogP contribution in [0.3, 0.4) is 0 Å². The van der Waals surface area contributed by atoms with Gasteiger partial charge in [0.05, 0.1) is 11.0 Å². The third-order valence-electron chi connectivity index (χ3n) is 13.5. The van der Waals surface area contributed by atoms with Gasteiger partial charge in [-0.1, -0.05) is 191 Å². The van der Waals surface area contributed by atoms with Crippen LogP contribution in [-0.4, -0.2) is 19.5 Å². The lowest BCUT2D eigenvalue weighted by Gasteiger charge is -2.21. The van der Waals surface area contributed by atoms with Gasteiger partial charge in [-0.3, -0.25) is 4.57 Å². The molecule has 3 heterocycles. The molecule has 0 saturated carbocycles. The van der Waals surface area contributed by atoms with Crippen LogP contribution in [-0.2, 0) is 5.41 Å². The molecule has 5 heteroatoms. The molecule has 0 unspecified atom stereocenters. The summed E-state index contributed by atoms with van der Waals surface area (Å²) in [6, 6.07) is 73.3. The topological polar surface area (TPSA) is 56.7 Å². The Morgan fingerprint density at radius 2 is 0.955 bits per heavy atom. The fourth-order valence-electron chi connectivity index (χ4n) is 10.3. The molecule has 0 bridgehead atoms. The molecular formula is C62H46N4O. The molecule has 0 radical (unpaired) electrons. The summed E-state index contributed by atoms with van der Waals surface area (Å²) < 4.78 is 8.61. The second-order valence-corrected chi connectivity index (χ2v) is 17.6. The summed E-state index contributed by atoms with van der Waals surface area (Å²) in [7, 11) is 0. The summed E-state index contributed by atoms with van der Waals surface area (Å²) in [5, 5.41) is 4.37. The van der Waals surface area contributed by atoms with Gasteiger partial charge in [-0.15, -0.1) is 0 Å². The van der Waals surface area contributed by atoms with E-state index in [1.165, 1.54) is 27.8 Å². The van der Waals surface area contributed by atoms with Crippen molar-refractivity contribution < 1.29 is 4.42 Å². The molecule has 1 aliphatic carbocycles. The summed E-state index contributed by atoms with van der Waals surface area (Å²) in [5.41, 5.74) is 17.6. The van der Waals surface area contributed by atoms with Gasteiger partial charge in [0.1, 0.15) is 11.2 Å². The van der Waals surface area contributed by atoms with Gasteiger partial charge in [0, 0.05) is 43.7 Å². The molecule has 0 amide bonds. The quantitative estimate of drug-likeness (QED) is 0.167. The van der Waals surface area contributed by atoms with Crippen molar-refractivity contribution >= 4 is 43.7 Å². The van der Waals surface area contributed by atoms with Gasteiger partial charge >= 0.3 is 0 Å². The molecule has 12 aromatic rings. The highest BCUT2D eigenvalue weighted by molar-refractivity contribution is 6.14. The van der Waals surface area contributed by atoms with E-state index in [1.807, 2.05) is 50.2 Å². The molecule has 3 aromatic heterocycles. The van der Waals surface area contributed by atoms with E-state index in [0.29, 0.717) is 17.6 Å². The van der Waals surface area contributed by atoms with E-state index < -0.39 is 0 Å². The van der Waals surface area contributed by atoms with Gasteiger partial charge in [-0.25, -0.2) is 4.98 Å². The predicted octanol–water partition coefficient (Wildman–Crippen LogP) is 16.5. The summed E-state index contributed by atoms with van der Waals surface area (Å²) in [5.74, 6) is 1.69. The van der Waals surface area contributed by atoms with Crippen LogP contribution in [0.1, 0.15) is 38.8 Å². The summed E-state index contributed by atoms with van der Waals surface area (Å²) >= 11 is 0. The zero-order valence-corrected chi connectivity index (χ0v) is 37.8. The number of rotatable bonds is 6. The van der Waals surface area contributed by atoms with Crippen LogP contribution in [0.2, 0.25) is 0 Å². The molecule has 13 rings (SSSR count). The first-order valence-corrected chi connectivity index (χ1v) is 23.2. The molecule has 1 aliphatic rings. The standard InChI is InChI=1S/C60H40N4O.C2H6/c1-60(2)51-25-11-9-21-45(51)49-34-41(28-31-52(49)60)39-19-13-20-42(33-39)44-23-14-24-48-50-35-40(37-15-5-3-6-16-37)29-32-53(50)64(56(44)48)59-62-57(38-17-7-4-8-18-38)61-58(63-59)43-27-30-47-46-22-10-12-26-54(46)65-55(47)36-43;1-2/h3-36H,1-2H3;1-2H3. The van der Waals surface area contributed by atoms with E-state index in [9.17, 15) is 0 Å². The molecule has 0 atom stereocenters. The van der Waals surface area contributed by atoms with Crippen molar-refractivity contribution in [2.45, 2.75) is 33.1 Å². The Balaban J connectivity index is 0.00000231. The smallest absolute Gasteiger partial charge is 0.238 e. The maximum atomic E-state index is 6.37. The second kappa shape index (κ2) is 15.9. The lowest BCUT2D eigenvalue weighted by molar-refractivity contribution is 0.660. The number of aromatic nitrogens is 4. The average molecular weight is 863 g/mol. The molecule has 0 saturated heterocycles. The third-order valence-corrected chi connectivity index (χ3v) is 13.5. The highest BCUT2D eigenvalue weighted by Crippen LogP contribution is 2.50. The lowest BCUT2D eigenvalue weighted by atomic mass is 9.82. The Bertz CT molecular complexity index is 3860. The molecule has 0 fully saturated rings. The first-order valence-electron chi connectivity index (χ1n) is 23.2. The molecule has 320 valence electrons. The Morgan fingerprint density at radius 1 is 0.373 bits per heavy atom. The SMILES string of the molecule is CC.CC1(C)c2ccccc2-c2cc(-c3cccc(-c4cccc5c6cc(-c7ccccc7)ccc6n(-c6nc(-c7ccccc7)nc(-c7ccc8c(c7)oc7ccccc78)n6)c45)c3)ccc21.